The van der Waals surface area contributed by atoms with E-state index in [0.717, 1.165) is 35.8 Å². The number of aryl methyl sites for hydroxylation is 1. The SMILES string of the molecule is CCCCCc1ccc(CNC(=O)c2cc(Br)c(CN(Cc3ccccc3C(F)(F)F)C(=O)C(=O)O)c(Br)c2)cc1. The molecule has 0 aliphatic rings. The quantitative estimate of drug-likeness (QED) is 0.161. The fourth-order valence-corrected chi connectivity index (χ4v) is 5.68. The Bertz CT molecular complexity index is 1370. The number of hydrogen-bond acceptors (Lipinski definition) is 3. The summed E-state index contributed by atoms with van der Waals surface area (Å²) in [5, 5.41) is 12.2. The molecule has 0 aliphatic heterocycles. The van der Waals surface area contributed by atoms with Gasteiger partial charge in [0, 0.05) is 34.1 Å². The Morgan fingerprint density at radius 2 is 1.51 bits per heavy atom. The van der Waals surface area contributed by atoms with Crippen LogP contribution in [0.25, 0.3) is 0 Å². The van der Waals surface area contributed by atoms with Gasteiger partial charge in [0.25, 0.3) is 5.91 Å². The van der Waals surface area contributed by atoms with Gasteiger partial charge >= 0.3 is 18.1 Å². The summed E-state index contributed by atoms with van der Waals surface area (Å²) in [5.41, 5.74) is 1.66. The highest BCUT2D eigenvalue weighted by Crippen LogP contribution is 2.34. The first-order valence-electron chi connectivity index (χ1n) is 12.9. The zero-order valence-corrected chi connectivity index (χ0v) is 25.4. The van der Waals surface area contributed by atoms with E-state index in [1.54, 1.807) is 0 Å². The highest BCUT2D eigenvalue weighted by molar-refractivity contribution is 9.11. The van der Waals surface area contributed by atoms with Crippen LogP contribution in [-0.2, 0) is 41.8 Å². The lowest BCUT2D eigenvalue weighted by atomic mass is 10.0. The van der Waals surface area contributed by atoms with Crippen LogP contribution >= 0.6 is 31.9 Å². The molecule has 0 spiro atoms. The average molecular weight is 698 g/mol. The van der Waals surface area contributed by atoms with Gasteiger partial charge in [0.1, 0.15) is 0 Å². The number of carbonyl (C=O) groups excluding carboxylic acids is 2. The Morgan fingerprint density at radius 1 is 0.902 bits per heavy atom. The van der Waals surface area contributed by atoms with Crippen molar-refractivity contribution in [2.75, 3.05) is 0 Å². The van der Waals surface area contributed by atoms with Gasteiger partial charge in [-0.25, -0.2) is 4.79 Å². The molecule has 2 N–H and O–H groups in total. The highest BCUT2D eigenvalue weighted by Gasteiger charge is 2.34. The second-order valence-corrected chi connectivity index (χ2v) is 11.2. The number of nitrogens with one attached hydrogen (secondary N) is 1. The summed E-state index contributed by atoms with van der Waals surface area (Å²) in [6.45, 7) is 1.56. The lowest BCUT2D eigenvalue weighted by Crippen LogP contribution is -2.36. The smallest absolute Gasteiger partial charge is 0.416 e. The second kappa shape index (κ2) is 14.6. The van der Waals surface area contributed by atoms with E-state index in [1.165, 1.54) is 42.3 Å². The Labute approximate surface area is 253 Å². The van der Waals surface area contributed by atoms with Gasteiger partial charge < -0.3 is 15.3 Å². The molecular formula is C30H29Br2F3N2O4. The highest BCUT2D eigenvalue weighted by atomic mass is 79.9. The van der Waals surface area contributed by atoms with Gasteiger partial charge in [-0.3, -0.25) is 9.59 Å². The predicted molar refractivity (Wildman–Crippen MR) is 156 cm³/mol. The van der Waals surface area contributed by atoms with E-state index in [2.05, 4.69) is 56.2 Å². The van der Waals surface area contributed by atoms with E-state index >= 15 is 0 Å². The number of carboxylic acid groups (broad SMARTS) is 1. The van der Waals surface area contributed by atoms with Crippen molar-refractivity contribution >= 4 is 49.6 Å². The molecule has 218 valence electrons. The van der Waals surface area contributed by atoms with E-state index in [9.17, 15) is 32.7 Å². The first-order chi connectivity index (χ1) is 19.4. The van der Waals surface area contributed by atoms with E-state index in [-0.39, 0.29) is 18.0 Å². The second-order valence-electron chi connectivity index (χ2n) is 9.50. The molecule has 0 saturated carbocycles. The van der Waals surface area contributed by atoms with Gasteiger partial charge in [0.15, 0.2) is 0 Å². The Kier molecular flexibility index (Phi) is 11.5. The number of benzene rings is 3. The van der Waals surface area contributed by atoms with Gasteiger partial charge in [-0.05, 0) is 53.3 Å². The number of halogens is 5. The average Bonchev–Trinajstić information content (AvgIpc) is 2.93. The molecule has 0 heterocycles. The van der Waals surface area contributed by atoms with E-state index < -0.39 is 30.2 Å². The number of aliphatic carboxylic acids is 1. The van der Waals surface area contributed by atoms with Crippen LogP contribution in [0.15, 0.2) is 69.6 Å². The maximum Gasteiger partial charge on any atom is 0.416 e. The lowest BCUT2D eigenvalue weighted by molar-refractivity contribution is -0.156. The Hall–Kier alpha value is -3.18. The van der Waals surface area contributed by atoms with Crippen LogP contribution in [0, 0.1) is 0 Å². The number of alkyl halides is 3. The molecule has 0 aromatic heterocycles. The summed E-state index contributed by atoms with van der Waals surface area (Å²) in [4.78, 5) is 37.6. The molecule has 3 aromatic carbocycles. The predicted octanol–water partition coefficient (Wildman–Crippen LogP) is 7.51. The molecule has 0 saturated heterocycles. The Balaban J connectivity index is 1.74. The van der Waals surface area contributed by atoms with Crippen molar-refractivity contribution in [1.29, 1.82) is 0 Å². The van der Waals surface area contributed by atoms with E-state index in [4.69, 9.17) is 0 Å². The molecule has 0 fully saturated rings. The topological polar surface area (TPSA) is 86.7 Å². The summed E-state index contributed by atoms with van der Waals surface area (Å²) >= 11 is 6.73. The number of carboxylic acids is 1. The summed E-state index contributed by atoms with van der Waals surface area (Å²) in [5.74, 6) is -3.52. The van der Waals surface area contributed by atoms with Crippen molar-refractivity contribution in [2.24, 2.45) is 0 Å². The zero-order chi connectivity index (χ0) is 30.2. The summed E-state index contributed by atoms with van der Waals surface area (Å²) in [6.07, 6.45) is -0.190. The van der Waals surface area contributed by atoms with Crippen molar-refractivity contribution < 1.29 is 32.7 Å². The van der Waals surface area contributed by atoms with Gasteiger partial charge in [-0.15, -0.1) is 0 Å². The third-order valence-corrected chi connectivity index (χ3v) is 7.87. The molecule has 41 heavy (non-hydrogen) atoms. The molecule has 0 aliphatic carbocycles. The molecule has 2 amide bonds. The molecule has 11 heteroatoms. The monoisotopic (exact) mass is 696 g/mol. The third-order valence-electron chi connectivity index (χ3n) is 6.45. The van der Waals surface area contributed by atoms with Crippen LogP contribution in [0.5, 0.6) is 0 Å². The number of hydrogen-bond donors (Lipinski definition) is 2. The molecule has 6 nitrogen and oxygen atoms in total. The third kappa shape index (κ3) is 9.16. The molecule has 0 bridgehead atoms. The first-order valence-corrected chi connectivity index (χ1v) is 14.5. The number of amides is 2. The molecule has 0 unspecified atom stereocenters. The van der Waals surface area contributed by atoms with Crippen LogP contribution in [0.4, 0.5) is 13.2 Å². The number of nitrogens with zero attached hydrogens (tertiary/aromatic N) is 1. The number of unbranched alkanes of at least 4 members (excludes halogenated alkanes) is 2. The standard InChI is InChI=1S/C30H29Br2F3N2O4/c1-2-3-4-7-19-10-12-20(13-11-19)16-36-27(38)22-14-25(31)23(26(32)15-22)18-37(28(39)29(40)41)17-21-8-5-6-9-24(21)30(33,34)35/h5-6,8-15H,2-4,7,16-18H2,1H3,(H,36,38)(H,40,41). The summed E-state index contributed by atoms with van der Waals surface area (Å²) < 4.78 is 41.3. The maximum absolute atomic E-state index is 13.5. The van der Waals surface area contributed by atoms with Crippen LogP contribution in [0.2, 0.25) is 0 Å². The van der Waals surface area contributed by atoms with Gasteiger partial charge in [0.05, 0.1) is 5.56 Å². The first kappa shape index (κ1) is 32.3. The number of rotatable bonds is 11. The molecule has 0 atom stereocenters. The van der Waals surface area contributed by atoms with Gasteiger partial charge in [-0.2, -0.15) is 13.2 Å². The van der Waals surface area contributed by atoms with Crippen molar-refractivity contribution in [3.8, 4) is 0 Å². The molecule has 3 aromatic rings. The minimum absolute atomic E-state index is 0.244. The maximum atomic E-state index is 13.5. The van der Waals surface area contributed by atoms with E-state index in [1.807, 2.05) is 12.1 Å². The molecular weight excluding hydrogens is 669 g/mol. The molecule has 0 radical (unpaired) electrons. The summed E-state index contributed by atoms with van der Waals surface area (Å²) in [6, 6.07) is 15.8. The van der Waals surface area contributed by atoms with Crippen molar-refractivity contribution in [3.05, 3.63) is 103 Å². The Morgan fingerprint density at radius 3 is 2.10 bits per heavy atom. The van der Waals surface area contributed by atoms with Gasteiger partial charge in [0.2, 0.25) is 0 Å². The summed E-state index contributed by atoms with van der Waals surface area (Å²) in [7, 11) is 0. The normalized spacial score (nSPS) is 11.3. The fourth-order valence-electron chi connectivity index (χ4n) is 4.24. The lowest BCUT2D eigenvalue weighted by Gasteiger charge is -2.24. The minimum Gasteiger partial charge on any atom is -0.474 e. The van der Waals surface area contributed by atoms with Crippen LogP contribution in [0.1, 0.15) is 64.4 Å². The van der Waals surface area contributed by atoms with Gasteiger partial charge in [-0.1, -0.05) is 94.1 Å². The molecule has 3 rings (SSSR count). The van der Waals surface area contributed by atoms with Crippen LogP contribution in [-0.4, -0.2) is 27.8 Å². The van der Waals surface area contributed by atoms with Crippen LogP contribution in [0.3, 0.4) is 0 Å². The van der Waals surface area contributed by atoms with Crippen molar-refractivity contribution in [2.45, 2.75) is 58.4 Å². The van der Waals surface area contributed by atoms with E-state index in [0.29, 0.717) is 26.6 Å². The zero-order valence-electron chi connectivity index (χ0n) is 22.2. The fraction of sp³-hybridized carbons (Fsp3) is 0.300. The largest absolute Gasteiger partial charge is 0.474 e. The van der Waals surface area contributed by atoms with Crippen LogP contribution < -0.4 is 5.32 Å². The van der Waals surface area contributed by atoms with Crippen molar-refractivity contribution in [3.63, 3.8) is 0 Å². The minimum atomic E-state index is -4.68. The number of carbonyl (C=O) groups is 3. The van der Waals surface area contributed by atoms with Crippen molar-refractivity contribution in [1.82, 2.24) is 10.2 Å².